The van der Waals surface area contributed by atoms with Gasteiger partial charge in [0.15, 0.2) is 0 Å². The highest BCUT2D eigenvalue weighted by Gasteiger charge is 2.40. The van der Waals surface area contributed by atoms with Crippen LogP contribution in [0.15, 0.2) is 125 Å². The van der Waals surface area contributed by atoms with Gasteiger partial charge in [-0.15, -0.1) is 20.4 Å². The topological polar surface area (TPSA) is 259 Å². The monoisotopic (exact) mass is 831 g/mol. The van der Waals surface area contributed by atoms with E-state index in [1.165, 1.54) is 30.1 Å². The van der Waals surface area contributed by atoms with Crippen LogP contribution in [0.5, 0.6) is 0 Å². The quantitative estimate of drug-likeness (QED) is 0.0979. The maximum atomic E-state index is 12.4. The molecule has 0 spiro atoms. The normalized spacial score (nSPS) is 15.3. The van der Waals surface area contributed by atoms with Crippen molar-refractivity contribution in [1.82, 2.24) is 51.5 Å². The molecule has 312 valence electrons. The molecule has 0 aliphatic carbocycles. The SMILES string of the molecule is CCNC(=O)c1ccc(C(=C2CC3CCC(C2)N3Cc2ccco2)c2cccc(-c3nn[nH]n3)c2)cc1.N#Cc1cccc(B(O)O)c1.OB(O)c1cccc(-c2nn[nH]n2)c1. The molecule has 19 heteroatoms. The fourth-order valence-electron chi connectivity index (χ4n) is 7.77. The molecule has 62 heavy (non-hydrogen) atoms. The molecule has 2 atom stereocenters. The lowest BCUT2D eigenvalue weighted by Crippen LogP contribution is -2.40. The van der Waals surface area contributed by atoms with Gasteiger partial charge in [0.1, 0.15) is 5.76 Å². The van der Waals surface area contributed by atoms with Crippen LogP contribution in [0.1, 0.15) is 65.4 Å². The van der Waals surface area contributed by atoms with E-state index in [9.17, 15) is 4.79 Å². The molecule has 3 aromatic heterocycles. The van der Waals surface area contributed by atoms with E-state index in [1.807, 2.05) is 43.3 Å². The third-order valence-corrected chi connectivity index (χ3v) is 10.6. The molecule has 7 aromatic rings. The molecule has 2 bridgehead atoms. The highest BCUT2D eigenvalue weighted by atomic mass is 16.4. The van der Waals surface area contributed by atoms with Crippen molar-refractivity contribution in [3.8, 4) is 28.8 Å². The molecule has 0 radical (unpaired) electrons. The Morgan fingerprint density at radius 1 is 0.774 bits per heavy atom. The number of tetrazole rings is 2. The Labute approximate surface area is 357 Å². The van der Waals surface area contributed by atoms with Crippen LogP contribution in [-0.4, -0.2) is 105 Å². The number of carbonyl (C=O) groups excluding carboxylic acids is 1. The minimum Gasteiger partial charge on any atom is -0.468 e. The first kappa shape index (κ1) is 43.0. The number of hydrogen-bond donors (Lipinski definition) is 7. The van der Waals surface area contributed by atoms with Crippen molar-refractivity contribution >= 4 is 36.6 Å². The van der Waals surface area contributed by atoms with Gasteiger partial charge >= 0.3 is 14.2 Å². The Morgan fingerprint density at radius 2 is 1.37 bits per heavy atom. The molecular formula is C43H43B2N11O6. The van der Waals surface area contributed by atoms with E-state index >= 15 is 0 Å². The van der Waals surface area contributed by atoms with Gasteiger partial charge in [-0.2, -0.15) is 15.7 Å². The summed E-state index contributed by atoms with van der Waals surface area (Å²) >= 11 is 0. The molecule has 2 aliphatic heterocycles. The fourth-order valence-corrected chi connectivity index (χ4v) is 7.77. The van der Waals surface area contributed by atoms with Crippen molar-refractivity contribution in [2.24, 2.45) is 0 Å². The molecule has 4 aromatic carbocycles. The van der Waals surface area contributed by atoms with Crippen molar-refractivity contribution in [3.05, 3.63) is 149 Å². The van der Waals surface area contributed by atoms with Gasteiger partial charge in [-0.25, -0.2) is 0 Å². The number of nitrogens with one attached hydrogen (secondary N) is 3. The zero-order valence-corrected chi connectivity index (χ0v) is 33.7. The van der Waals surface area contributed by atoms with Gasteiger partial charge in [0.25, 0.3) is 5.91 Å². The summed E-state index contributed by atoms with van der Waals surface area (Å²) in [5, 5.41) is 74.5. The van der Waals surface area contributed by atoms with Crippen molar-refractivity contribution in [1.29, 1.82) is 5.26 Å². The number of furan rings is 1. The number of aromatic amines is 2. The summed E-state index contributed by atoms with van der Waals surface area (Å²) in [5.41, 5.74) is 8.37. The second-order valence-electron chi connectivity index (χ2n) is 14.6. The maximum Gasteiger partial charge on any atom is 0.488 e. The summed E-state index contributed by atoms with van der Waals surface area (Å²) in [6.07, 6.45) is 6.17. The number of aromatic nitrogens is 8. The Hall–Kier alpha value is -7.07. The minimum absolute atomic E-state index is 0.0494. The fraction of sp³-hybridized carbons (Fsp3) is 0.209. The highest BCUT2D eigenvalue weighted by Crippen LogP contribution is 2.44. The Balaban J connectivity index is 0.000000188. The van der Waals surface area contributed by atoms with E-state index in [-0.39, 0.29) is 5.91 Å². The number of carbonyl (C=O) groups is 1. The molecule has 2 unspecified atom stereocenters. The number of nitriles is 1. The maximum absolute atomic E-state index is 12.4. The van der Waals surface area contributed by atoms with Crippen molar-refractivity contribution in [2.45, 2.75) is 51.2 Å². The molecule has 2 saturated heterocycles. The van der Waals surface area contributed by atoms with Crippen LogP contribution in [0.25, 0.3) is 28.3 Å². The first-order valence-corrected chi connectivity index (χ1v) is 20.0. The number of benzene rings is 4. The molecule has 9 rings (SSSR count). The molecule has 1 amide bonds. The lowest BCUT2D eigenvalue weighted by molar-refractivity contribution is 0.0955. The lowest BCUT2D eigenvalue weighted by atomic mass is 9.79. The number of H-pyrrole nitrogens is 2. The van der Waals surface area contributed by atoms with Crippen LogP contribution in [0.4, 0.5) is 0 Å². The summed E-state index contributed by atoms with van der Waals surface area (Å²) < 4.78 is 5.66. The van der Waals surface area contributed by atoms with Gasteiger partial charge in [-0.3, -0.25) is 9.69 Å². The molecule has 5 heterocycles. The lowest BCUT2D eigenvalue weighted by Gasteiger charge is -2.37. The summed E-state index contributed by atoms with van der Waals surface area (Å²) in [4.78, 5) is 15.0. The van der Waals surface area contributed by atoms with Gasteiger partial charge < -0.3 is 29.8 Å². The minimum atomic E-state index is -1.50. The Kier molecular flexibility index (Phi) is 14.2. The first-order valence-electron chi connectivity index (χ1n) is 20.0. The summed E-state index contributed by atoms with van der Waals surface area (Å²) in [5.74, 6) is 1.98. The summed E-state index contributed by atoms with van der Waals surface area (Å²) in [7, 11) is -2.98. The molecule has 2 aliphatic rings. The van der Waals surface area contributed by atoms with Crippen LogP contribution in [0.2, 0.25) is 0 Å². The van der Waals surface area contributed by atoms with Crippen LogP contribution in [-0.2, 0) is 6.54 Å². The van der Waals surface area contributed by atoms with E-state index in [4.69, 9.17) is 29.8 Å². The average Bonchev–Trinajstić information content (AvgIpc) is 4.16. The van der Waals surface area contributed by atoms with Gasteiger partial charge in [0.2, 0.25) is 11.6 Å². The zero-order chi connectivity index (χ0) is 43.4. The number of piperidine rings is 1. The standard InChI is InChI=1S/C29H30N6O2.C7H7BN4O2.C7H6BNO2/c1-2-30-29(36)20-10-8-19(9-11-20)27(21-5-3-6-22(15-21)28-31-33-34-32-28)23-16-24-12-13-25(17-23)35(24)18-26-7-4-14-37-26;13-8(14)6-3-1-2-5(4-6)7-9-11-12-10-7;9-5-6-2-1-3-7(4-6)8(10)11/h3-11,14-15,24-25H,2,12-13,16-18H2,1H3,(H,30,36)(H,31,32,33,34);1-4,13-14H,(H,9,10,11,12);1-4,10-11H. The van der Waals surface area contributed by atoms with E-state index in [0.717, 1.165) is 41.8 Å². The predicted molar refractivity (Wildman–Crippen MR) is 231 cm³/mol. The third kappa shape index (κ3) is 10.6. The van der Waals surface area contributed by atoms with Gasteiger partial charge in [-0.1, -0.05) is 72.3 Å². The highest BCUT2D eigenvalue weighted by molar-refractivity contribution is 6.59. The van der Waals surface area contributed by atoms with Crippen molar-refractivity contribution < 1.29 is 29.3 Å². The van der Waals surface area contributed by atoms with E-state index in [0.29, 0.717) is 57.9 Å². The van der Waals surface area contributed by atoms with Crippen LogP contribution >= 0.6 is 0 Å². The first-order chi connectivity index (χ1) is 30.2. The second kappa shape index (κ2) is 20.5. The molecular weight excluding hydrogens is 788 g/mol. The van der Waals surface area contributed by atoms with Gasteiger partial charge in [-0.05, 0) is 113 Å². The van der Waals surface area contributed by atoms with Gasteiger partial charge in [0.05, 0.1) is 24.4 Å². The molecule has 0 saturated carbocycles. The smallest absolute Gasteiger partial charge is 0.468 e. The van der Waals surface area contributed by atoms with Crippen LogP contribution in [0.3, 0.4) is 0 Å². The van der Waals surface area contributed by atoms with E-state index in [1.54, 1.807) is 48.7 Å². The summed E-state index contributed by atoms with van der Waals surface area (Å²) in [6.45, 7) is 3.40. The molecule has 2 fully saturated rings. The Morgan fingerprint density at radius 3 is 1.94 bits per heavy atom. The molecule has 17 nitrogen and oxygen atoms in total. The largest absolute Gasteiger partial charge is 0.488 e. The average molecular weight is 832 g/mol. The van der Waals surface area contributed by atoms with Crippen LogP contribution < -0.4 is 16.2 Å². The second-order valence-corrected chi connectivity index (χ2v) is 14.6. The van der Waals surface area contributed by atoms with Crippen LogP contribution in [0, 0.1) is 11.3 Å². The van der Waals surface area contributed by atoms with Gasteiger partial charge in [0, 0.05) is 35.3 Å². The third-order valence-electron chi connectivity index (χ3n) is 10.6. The van der Waals surface area contributed by atoms with E-state index < -0.39 is 14.2 Å². The molecule has 7 N–H and O–H groups in total. The van der Waals surface area contributed by atoms with E-state index in [2.05, 4.69) is 81.8 Å². The number of hydrogen-bond acceptors (Lipinski definition) is 14. The van der Waals surface area contributed by atoms with Crippen molar-refractivity contribution in [3.63, 3.8) is 0 Å². The Bertz CT molecular complexity index is 2580. The number of nitrogens with zero attached hydrogens (tertiary/aromatic N) is 8. The predicted octanol–water partition coefficient (Wildman–Crippen LogP) is 2.62. The summed E-state index contributed by atoms with van der Waals surface area (Å²) in [6, 6.07) is 36.1. The number of fused-ring (bicyclic) bond motifs is 2. The zero-order valence-electron chi connectivity index (χ0n) is 33.7. The number of rotatable bonds is 10. The van der Waals surface area contributed by atoms with Crippen molar-refractivity contribution in [2.75, 3.05) is 6.54 Å². The number of amides is 1.